The molecular formula is C21H27N3O. The Kier molecular flexibility index (Phi) is 6.20. The van der Waals surface area contributed by atoms with Crippen molar-refractivity contribution in [2.24, 2.45) is 0 Å². The second kappa shape index (κ2) is 8.79. The summed E-state index contributed by atoms with van der Waals surface area (Å²) < 4.78 is 0. The number of amides is 1. The van der Waals surface area contributed by atoms with Gasteiger partial charge in [-0.1, -0.05) is 48.5 Å². The van der Waals surface area contributed by atoms with Crippen molar-refractivity contribution in [2.45, 2.75) is 25.3 Å². The zero-order valence-electron chi connectivity index (χ0n) is 14.9. The van der Waals surface area contributed by atoms with Crippen LogP contribution in [0.4, 0.5) is 5.69 Å². The molecule has 1 heterocycles. The van der Waals surface area contributed by atoms with Gasteiger partial charge in [-0.25, -0.2) is 0 Å². The molecule has 0 saturated carbocycles. The van der Waals surface area contributed by atoms with Crippen molar-refractivity contribution in [2.75, 3.05) is 32.0 Å². The van der Waals surface area contributed by atoms with E-state index in [-0.39, 0.29) is 5.91 Å². The van der Waals surface area contributed by atoms with Crippen molar-refractivity contribution in [1.82, 2.24) is 10.2 Å². The molecule has 2 aromatic carbocycles. The molecule has 0 spiro atoms. The van der Waals surface area contributed by atoms with E-state index < -0.39 is 0 Å². The molecule has 0 aliphatic carbocycles. The Hall–Kier alpha value is -2.17. The number of rotatable bonds is 6. The normalized spacial score (nSPS) is 18.0. The zero-order valence-corrected chi connectivity index (χ0v) is 14.9. The van der Waals surface area contributed by atoms with Gasteiger partial charge in [0.15, 0.2) is 0 Å². The first-order valence-electron chi connectivity index (χ1n) is 9.10. The Labute approximate surface area is 150 Å². The summed E-state index contributed by atoms with van der Waals surface area (Å²) >= 11 is 0. The summed E-state index contributed by atoms with van der Waals surface area (Å²) in [6.45, 7) is 2.94. The number of likely N-dealkylation sites (tertiary alicyclic amines) is 1. The van der Waals surface area contributed by atoms with Crippen molar-refractivity contribution in [3.63, 3.8) is 0 Å². The van der Waals surface area contributed by atoms with Crippen molar-refractivity contribution in [1.29, 1.82) is 0 Å². The van der Waals surface area contributed by atoms with Crippen LogP contribution in [0, 0.1) is 0 Å². The van der Waals surface area contributed by atoms with Gasteiger partial charge in [-0.05, 0) is 38.1 Å². The second-order valence-corrected chi connectivity index (χ2v) is 6.64. The lowest BCUT2D eigenvalue weighted by atomic mass is 10.0. The van der Waals surface area contributed by atoms with E-state index in [0.29, 0.717) is 12.5 Å². The van der Waals surface area contributed by atoms with E-state index in [9.17, 15) is 4.79 Å². The first kappa shape index (κ1) is 17.6. The summed E-state index contributed by atoms with van der Waals surface area (Å²) in [5, 5.41) is 6.44. The highest BCUT2D eigenvalue weighted by atomic mass is 16.1. The van der Waals surface area contributed by atoms with Gasteiger partial charge in [0.2, 0.25) is 5.91 Å². The van der Waals surface area contributed by atoms with Crippen molar-refractivity contribution < 1.29 is 4.79 Å². The van der Waals surface area contributed by atoms with Crippen LogP contribution in [-0.4, -0.2) is 43.5 Å². The van der Waals surface area contributed by atoms with Crippen LogP contribution in [-0.2, 0) is 4.79 Å². The molecule has 132 valence electrons. The highest BCUT2D eigenvalue weighted by Crippen LogP contribution is 2.27. The van der Waals surface area contributed by atoms with Crippen molar-refractivity contribution in [3.8, 4) is 11.1 Å². The summed E-state index contributed by atoms with van der Waals surface area (Å²) in [4.78, 5) is 14.8. The SMILES string of the molecule is CNC1CCCN(CCC(=O)Nc2ccccc2-c2ccccc2)C1. The largest absolute Gasteiger partial charge is 0.325 e. The van der Waals surface area contributed by atoms with Gasteiger partial charge in [0, 0.05) is 36.8 Å². The number of likely N-dealkylation sites (N-methyl/N-ethyl adjacent to an activating group) is 1. The summed E-state index contributed by atoms with van der Waals surface area (Å²) in [5.74, 6) is 0.0787. The van der Waals surface area contributed by atoms with Crippen LogP contribution in [0.25, 0.3) is 11.1 Å². The van der Waals surface area contributed by atoms with Crippen LogP contribution in [0.1, 0.15) is 19.3 Å². The third-order valence-corrected chi connectivity index (χ3v) is 4.85. The van der Waals surface area contributed by atoms with E-state index in [1.807, 2.05) is 49.5 Å². The van der Waals surface area contributed by atoms with E-state index in [1.165, 1.54) is 12.8 Å². The third kappa shape index (κ3) is 4.91. The van der Waals surface area contributed by atoms with Crippen LogP contribution in [0.15, 0.2) is 54.6 Å². The Bertz CT molecular complexity index is 687. The monoisotopic (exact) mass is 337 g/mol. The fourth-order valence-corrected chi connectivity index (χ4v) is 3.43. The van der Waals surface area contributed by atoms with Crippen molar-refractivity contribution >= 4 is 11.6 Å². The molecule has 1 aliphatic rings. The van der Waals surface area contributed by atoms with Crippen LogP contribution in [0.5, 0.6) is 0 Å². The maximum Gasteiger partial charge on any atom is 0.225 e. The quantitative estimate of drug-likeness (QED) is 0.849. The number of para-hydroxylation sites is 1. The number of carbonyl (C=O) groups excluding carboxylic acids is 1. The Morgan fingerprint density at radius 1 is 1.12 bits per heavy atom. The van der Waals surface area contributed by atoms with E-state index in [2.05, 4.69) is 27.7 Å². The minimum Gasteiger partial charge on any atom is -0.325 e. The Morgan fingerprint density at radius 3 is 2.68 bits per heavy atom. The lowest BCUT2D eigenvalue weighted by Crippen LogP contribution is -2.45. The minimum atomic E-state index is 0.0787. The van der Waals surface area contributed by atoms with E-state index in [1.54, 1.807) is 0 Å². The molecule has 1 unspecified atom stereocenters. The van der Waals surface area contributed by atoms with Gasteiger partial charge in [0.25, 0.3) is 0 Å². The average molecular weight is 337 g/mol. The maximum absolute atomic E-state index is 12.4. The van der Waals surface area contributed by atoms with Gasteiger partial charge in [0.1, 0.15) is 0 Å². The number of nitrogens with zero attached hydrogens (tertiary/aromatic N) is 1. The molecule has 1 aliphatic heterocycles. The minimum absolute atomic E-state index is 0.0787. The lowest BCUT2D eigenvalue weighted by molar-refractivity contribution is -0.116. The maximum atomic E-state index is 12.4. The van der Waals surface area contributed by atoms with Gasteiger partial charge >= 0.3 is 0 Å². The molecule has 0 bridgehead atoms. The molecule has 3 rings (SSSR count). The zero-order chi connectivity index (χ0) is 17.5. The first-order chi connectivity index (χ1) is 12.3. The third-order valence-electron chi connectivity index (χ3n) is 4.85. The molecule has 0 radical (unpaired) electrons. The second-order valence-electron chi connectivity index (χ2n) is 6.64. The average Bonchev–Trinajstić information content (AvgIpc) is 2.68. The van der Waals surface area contributed by atoms with Crippen LogP contribution < -0.4 is 10.6 Å². The molecule has 1 saturated heterocycles. The predicted octanol–water partition coefficient (Wildman–Crippen LogP) is 3.37. The van der Waals surface area contributed by atoms with Gasteiger partial charge in [-0.3, -0.25) is 4.79 Å². The van der Waals surface area contributed by atoms with Crippen LogP contribution in [0.3, 0.4) is 0 Å². The highest BCUT2D eigenvalue weighted by molar-refractivity contribution is 5.95. The molecule has 4 heteroatoms. The highest BCUT2D eigenvalue weighted by Gasteiger charge is 2.19. The molecule has 2 aromatic rings. The van der Waals surface area contributed by atoms with Crippen molar-refractivity contribution in [3.05, 3.63) is 54.6 Å². The molecule has 0 aromatic heterocycles. The summed E-state index contributed by atoms with van der Waals surface area (Å²) in [7, 11) is 2.02. The standard InChI is InChI=1S/C21H27N3O/c1-22-18-10-7-14-24(16-18)15-13-21(25)23-20-12-6-5-11-19(20)17-8-3-2-4-9-17/h2-6,8-9,11-12,18,22H,7,10,13-16H2,1H3,(H,23,25). The number of hydrogen-bond donors (Lipinski definition) is 2. The molecule has 1 fully saturated rings. The molecule has 2 N–H and O–H groups in total. The fourth-order valence-electron chi connectivity index (χ4n) is 3.43. The Balaban J connectivity index is 1.58. The van der Waals surface area contributed by atoms with E-state index >= 15 is 0 Å². The van der Waals surface area contributed by atoms with Gasteiger partial charge < -0.3 is 15.5 Å². The number of piperidine rings is 1. The van der Waals surface area contributed by atoms with Gasteiger partial charge in [-0.2, -0.15) is 0 Å². The predicted molar refractivity (Wildman–Crippen MR) is 104 cm³/mol. The smallest absolute Gasteiger partial charge is 0.225 e. The number of hydrogen-bond acceptors (Lipinski definition) is 3. The number of carbonyl (C=O) groups is 1. The van der Waals surface area contributed by atoms with E-state index in [4.69, 9.17) is 0 Å². The lowest BCUT2D eigenvalue weighted by Gasteiger charge is -2.32. The van der Waals surface area contributed by atoms with Gasteiger partial charge in [0.05, 0.1) is 0 Å². The molecule has 25 heavy (non-hydrogen) atoms. The summed E-state index contributed by atoms with van der Waals surface area (Å²) in [6, 6.07) is 18.7. The summed E-state index contributed by atoms with van der Waals surface area (Å²) in [5.41, 5.74) is 3.06. The fraction of sp³-hybridized carbons (Fsp3) is 0.381. The van der Waals surface area contributed by atoms with Gasteiger partial charge in [-0.15, -0.1) is 0 Å². The molecule has 1 atom stereocenters. The molecular weight excluding hydrogens is 310 g/mol. The number of anilines is 1. The topological polar surface area (TPSA) is 44.4 Å². The molecule has 4 nitrogen and oxygen atoms in total. The van der Waals surface area contributed by atoms with E-state index in [0.717, 1.165) is 36.4 Å². The van der Waals surface area contributed by atoms with Crippen LogP contribution >= 0.6 is 0 Å². The summed E-state index contributed by atoms with van der Waals surface area (Å²) in [6.07, 6.45) is 2.95. The molecule has 1 amide bonds. The first-order valence-corrected chi connectivity index (χ1v) is 9.10. The Morgan fingerprint density at radius 2 is 1.88 bits per heavy atom. The number of benzene rings is 2. The number of nitrogens with one attached hydrogen (secondary N) is 2. The van der Waals surface area contributed by atoms with Crippen LogP contribution in [0.2, 0.25) is 0 Å².